The van der Waals surface area contributed by atoms with Gasteiger partial charge in [-0.3, -0.25) is 0 Å². The summed E-state index contributed by atoms with van der Waals surface area (Å²) < 4.78 is 15.9. The van der Waals surface area contributed by atoms with Crippen molar-refractivity contribution in [3.63, 3.8) is 0 Å². The van der Waals surface area contributed by atoms with Gasteiger partial charge >= 0.3 is 0 Å². The summed E-state index contributed by atoms with van der Waals surface area (Å²) in [6, 6.07) is 5.42. The van der Waals surface area contributed by atoms with E-state index >= 15 is 0 Å². The third-order valence-electron chi connectivity index (χ3n) is 2.09. The molecule has 1 rings (SSSR count). The molecule has 0 aromatic heterocycles. The highest BCUT2D eigenvalue weighted by Gasteiger charge is 2.10. The van der Waals surface area contributed by atoms with E-state index in [9.17, 15) is 0 Å². The van der Waals surface area contributed by atoms with Crippen molar-refractivity contribution in [3.05, 3.63) is 28.6 Å². The Kier molecular flexibility index (Phi) is 5.54. The molecule has 0 spiro atoms. The van der Waals surface area contributed by atoms with Crippen molar-refractivity contribution in [2.24, 2.45) is 5.11 Å². The van der Waals surface area contributed by atoms with Crippen LogP contribution in [0.5, 0.6) is 17.2 Å². The van der Waals surface area contributed by atoms with Gasteiger partial charge in [0, 0.05) is 11.5 Å². The highest BCUT2D eigenvalue weighted by molar-refractivity contribution is 5.51. The zero-order chi connectivity index (χ0) is 12.5. The molecule has 1 aromatic rings. The summed E-state index contributed by atoms with van der Waals surface area (Å²) in [6.07, 6.45) is 0.644. The van der Waals surface area contributed by atoms with Gasteiger partial charge in [0.25, 0.3) is 0 Å². The minimum atomic E-state index is 0.411. The summed E-state index contributed by atoms with van der Waals surface area (Å²) in [5.74, 6) is 1.81. The average molecular weight is 237 g/mol. The van der Waals surface area contributed by atoms with Crippen molar-refractivity contribution in [1.82, 2.24) is 0 Å². The summed E-state index contributed by atoms with van der Waals surface area (Å²) >= 11 is 0. The first-order valence-electron chi connectivity index (χ1n) is 5.18. The first kappa shape index (κ1) is 13.0. The zero-order valence-electron chi connectivity index (χ0n) is 9.92. The first-order valence-corrected chi connectivity index (χ1v) is 5.18. The maximum absolute atomic E-state index is 8.12. The van der Waals surface area contributed by atoms with Gasteiger partial charge in [-0.1, -0.05) is 11.2 Å². The van der Waals surface area contributed by atoms with Crippen LogP contribution in [0, 0.1) is 0 Å². The van der Waals surface area contributed by atoms with Gasteiger partial charge in [-0.25, -0.2) is 0 Å². The Balaban J connectivity index is 2.64. The van der Waals surface area contributed by atoms with Crippen LogP contribution in [0.2, 0.25) is 0 Å². The van der Waals surface area contributed by atoms with E-state index < -0.39 is 0 Å². The lowest BCUT2D eigenvalue weighted by molar-refractivity contribution is 0.272. The molecule has 6 nitrogen and oxygen atoms in total. The van der Waals surface area contributed by atoms with Gasteiger partial charge in [0.15, 0.2) is 11.5 Å². The topological polar surface area (TPSA) is 76.5 Å². The fraction of sp³-hybridized carbons (Fsp3) is 0.455. The third kappa shape index (κ3) is 3.77. The number of hydrogen-bond acceptors (Lipinski definition) is 4. The van der Waals surface area contributed by atoms with E-state index in [1.54, 1.807) is 26.4 Å². The zero-order valence-corrected chi connectivity index (χ0v) is 9.92. The molecule has 0 aliphatic rings. The number of nitrogens with zero attached hydrogens (tertiary/aromatic N) is 3. The average Bonchev–Trinajstić information content (AvgIpc) is 2.38. The van der Waals surface area contributed by atoms with Crippen LogP contribution in [0.3, 0.4) is 0 Å². The van der Waals surface area contributed by atoms with E-state index in [0.29, 0.717) is 36.8 Å². The number of azide groups is 1. The molecular weight excluding hydrogens is 222 g/mol. The Morgan fingerprint density at radius 1 is 1.24 bits per heavy atom. The molecule has 0 unspecified atom stereocenters. The fourth-order valence-corrected chi connectivity index (χ4v) is 1.31. The van der Waals surface area contributed by atoms with Gasteiger partial charge in [-0.15, -0.1) is 0 Å². The molecule has 17 heavy (non-hydrogen) atoms. The van der Waals surface area contributed by atoms with Gasteiger partial charge in [0.2, 0.25) is 5.75 Å². The molecule has 0 aliphatic carbocycles. The number of hydrogen-bond donors (Lipinski definition) is 0. The standard InChI is InChI=1S/C11H15N3O3/c1-15-9-5-3-6-10(16-2)11(9)17-8-4-7-13-14-12/h3,5-6H,4,7-8H2,1-2H3. The minimum Gasteiger partial charge on any atom is -0.493 e. The van der Waals surface area contributed by atoms with Crippen molar-refractivity contribution >= 4 is 0 Å². The molecule has 6 heteroatoms. The van der Waals surface area contributed by atoms with Gasteiger partial charge in [0.05, 0.1) is 20.8 Å². The van der Waals surface area contributed by atoms with Gasteiger partial charge in [-0.2, -0.15) is 0 Å². The van der Waals surface area contributed by atoms with Crippen molar-refractivity contribution in [2.45, 2.75) is 6.42 Å². The number of rotatable bonds is 7. The Hall–Kier alpha value is -2.07. The summed E-state index contributed by atoms with van der Waals surface area (Å²) in [7, 11) is 3.14. The second-order valence-electron chi connectivity index (χ2n) is 3.15. The number of ether oxygens (including phenoxy) is 3. The molecule has 0 aliphatic heterocycles. The van der Waals surface area contributed by atoms with E-state index in [0.717, 1.165) is 0 Å². The van der Waals surface area contributed by atoms with Gasteiger partial charge < -0.3 is 14.2 Å². The molecular formula is C11H15N3O3. The van der Waals surface area contributed by atoms with Gasteiger partial charge in [-0.05, 0) is 24.1 Å². The van der Waals surface area contributed by atoms with Crippen LogP contribution in [-0.2, 0) is 0 Å². The molecule has 0 N–H and O–H groups in total. The lowest BCUT2D eigenvalue weighted by atomic mass is 10.3. The molecule has 0 atom stereocenters. The van der Waals surface area contributed by atoms with E-state index in [1.165, 1.54) is 0 Å². The van der Waals surface area contributed by atoms with E-state index in [-0.39, 0.29) is 0 Å². The molecule has 0 amide bonds. The van der Waals surface area contributed by atoms with Crippen molar-refractivity contribution in [3.8, 4) is 17.2 Å². The SMILES string of the molecule is COc1cccc(OC)c1OCCCN=[N+]=[N-]. The quantitative estimate of drug-likeness (QED) is 0.316. The Bertz CT molecular complexity index is 381. The smallest absolute Gasteiger partial charge is 0.203 e. The maximum atomic E-state index is 8.12. The lowest BCUT2D eigenvalue weighted by Gasteiger charge is -2.13. The second kappa shape index (κ2) is 7.24. The molecule has 0 bridgehead atoms. The summed E-state index contributed by atoms with van der Waals surface area (Å²) in [5.41, 5.74) is 8.12. The predicted octanol–water partition coefficient (Wildman–Crippen LogP) is 2.78. The molecule has 1 aromatic carbocycles. The second-order valence-corrected chi connectivity index (χ2v) is 3.15. The van der Waals surface area contributed by atoms with Crippen LogP contribution in [0.25, 0.3) is 10.4 Å². The highest BCUT2D eigenvalue weighted by atomic mass is 16.5. The molecule has 0 heterocycles. The Labute approximate surface area is 99.7 Å². The fourth-order valence-electron chi connectivity index (χ4n) is 1.31. The molecule has 0 radical (unpaired) electrons. The lowest BCUT2D eigenvalue weighted by Crippen LogP contribution is -2.02. The number of para-hydroxylation sites is 1. The van der Waals surface area contributed by atoms with Crippen LogP contribution in [0.4, 0.5) is 0 Å². The van der Waals surface area contributed by atoms with E-state index in [1.807, 2.05) is 6.07 Å². The largest absolute Gasteiger partial charge is 0.493 e. The van der Waals surface area contributed by atoms with Crippen molar-refractivity contribution < 1.29 is 14.2 Å². The van der Waals surface area contributed by atoms with Crippen molar-refractivity contribution in [2.75, 3.05) is 27.4 Å². The highest BCUT2D eigenvalue weighted by Crippen LogP contribution is 2.36. The van der Waals surface area contributed by atoms with Crippen LogP contribution in [0.1, 0.15) is 6.42 Å². The molecule has 0 saturated carbocycles. The molecule has 0 fully saturated rings. The van der Waals surface area contributed by atoms with Gasteiger partial charge in [0.1, 0.15) is 0 Å². The first-order chi connectivity index (χ1) is 8.33. The van der Waals surface area contributed by atoms with E-state index in [2.05, 4.69) is 10.0 Å². The summed E-state index contributed by atoms with van der Waals surface area (Å²) in [6.45, 7) is 0.851. The van der Waals surface area contributed by atoms with Crippen LogP contribution in [0.15, 0.2) is 23.3 Å². The minimum absolute atomic E-state index is 0.411. The number of methoxy groups -OCH3 is 2. The molecule has 0 saturated heterocycles. The monoisotopic (exact) mass is 237 g/mol. The van der Waals surface area contributed by atoms with Crippen LogP contribution < -0.4 is 14.2 Å². The predicted molar refractivity (Wildman–Crippen MR) is 63.7 cm³/mol. The maximum Gasteiger partial charge on any atom is 0.203 e. The Morgan fingerprint density at radius 3 is 2.41 bits per heavy atom. The Morgan fingerprint density at radius 2 is 1.88 bits per heavy atom. The van der Waals surface area contributed by atoms with Crippen LogP contribution >= 0.6 is 0 Å². The normalized spacial score (nSPS) is 9.29. The molecule has 92 valence electrons. The third-order valence-corrected chi connectivity index (χ3v) is 2.09. The van der Waals surface area contributed by atoms with Crippen LogP contribution in [-0.4, -0.2) is 27.4 Å². The summed E-state index contributed by atoms with van der Waals surface area (Å²) in [4.78, 5) is 2.67. The summed E-state index contributed by atoms with van der Waals surface area (Å²) in [5, 5.41) is 3.43. The number of benzene rings is 1. The van der Waals surface area contributed by atoms with E-state index in [4.69, 9.17) is 19.7 Å². The van der Waals surface area contributed by atoms with Crippen molar-refractivity contribution in [1.29, 1.82) is 0 Å².